The molecule has 0 bridgehead atoms. The summed E-state index contributed by atoms with van der Waals surface area (Å²) in [5, 5.41) is 0. The van der Waals surface area contributed by atoms with E-state index in [0.29, 0.717) is 0 Å². The summed E-state index contributed by atoms with van der Waals surface area (Å²) in [7, 11) is 0. The number of oxazole rings is 1. The van der Waals surface area contributed by atoms with Gasteiger partial charge in [-0.05, 0) is 6.42 Å². The highest BCUT2D eigenvalue weighted by Gasteiger charge is 2.03. The first-order valence-electron chi connectivity index (χ1n) is 3.47. The van der Waals surface area contributed by atoms with Crippen LogP contribution in [0.3, 0.4) is 0 Å². The summed E-state index contributed by atoms with van der Waals surface area (Å²) in [6, 6.07) is 0.179. The van der Waals surface area contributed by atoms with Crippen LogP contribution in [-0.2, 0) is 6.42 Å². The van der Waals surface area contributed by atoms with Gasteiger partial charge in [-0.2, -0.15) is 0 Å². The molecule has 0 radical (unpaired) electrons. The summed E-state index contributed by atoms with van der Waals surface area (Å²) in [6.45, 7) is 2.05. The monoisotopic (exact) mass is 140 g/mol. The molecule has 1 heterocycles. The first kappa shape index (κ1) is 7.28. The molecule has 10 heavy (non-hydrogen) atoms. The molecular formula is C7H12N2O. The number of hydrogen-bond acceptors (Lipinski definition) is 3. The zero-order chi connectivity index (χ0) is 7.40. The van der Waals surface area contributed by atoms with Gasteiger partial charge in [0.15, 0.2) is 5.89 Å². The molecule has 1 aromatic heterocycles. The maximum Gasteiger partial charge on any atom is 0.195 e. The van der Waals surface area contributed by atoms with Gasteiger partial charge in [-0.1, -0.05) is 6.92 Å². The van der Waals surface area contributed by atoms with Gasteiger partial charge in [0.1, 0.15) is 6.26 Å². The summed E-state index contributed by atoms with van der Waals surface area (Å²) in [4.78, 5) is 3.96. The molecule has 1 aromatic rings. The Hall–Kier alpha value is -0.830. The maximum absolute atomic E-state index is 5.66. The van der Waals surface area contributed by atoms with Crippen LogP contribution in [0.1, 0.15) is 19.2 Å². The predicted octanol–water partition coefficient (Wildman–Crippen LogP) is 0.954. The summed E-state index contributed by atoms with van der Waals surface area (Å²) in [5.74, 6) is 0.731. The first-order valence-corrected chi connectivity index (χ1v) is 3.47. The Morgan fingerprint density at radius 1 is 1.80 bits per heavy atom. The molecule has 0 aliphatic rings. The zero-order valence-corrected chi connectivity index (χ0v) is 6.08. The summed E-state index contributed by atoms with van der Waals surface area (Å²) in [5.41, 5.74) is 5.66. The molecule has 1 atom stereocenters. The lowest BCUT2D eigenvalue weighted by Crippen LogP contribution is -2.21. The molecule has 0 spiro atoms. The van der Waals surface area contributed by atoms with Crippen molar-refractivity contribution >= 4 is 0 Å². The zero-order valence-electron chi connectivity index (χ0n) is 6.08. The molecule has 2 N–H and O–H groups in total. The molecule has 0 unspecified atom stereocenters. The Kier molecular flexibility index (Phi) is 2.45. The fourth-order valence-corrected chi connectivity index (χ4v) is 0.722. The summed E-state index contributed by atoms with van der Waals surface area (Å²) >= 11 is 0. The van der Waals surface area contributed by atoms with Crippen LogP contribution in [-0.4, -0.2) is 11.0 Å². The quantitative estimate of drug-likeness (QED) is 0.680. The van der Waals surface area contributed by atoms with E-state index in [1.807, 2.05) is 6.92 Å². The highest BCUT2D eigenvalue weighted by molar-refractivity contribution is 4.83. The van der Waals surface area contributed by atoms with Crippen molar-refractivity contribution in [2.45, 2.75) is 25.8 Å². The predicted molar refractivity (Wildman–Crippen MR) is 38.5 cm³/mol. The largest absolute Gasteiger partial charge is 0.449 e. The van der Waals surface area contributed by atoms with E-state index in [1.54, 1.807) is 12.5 Å². The minimum absolute atomic E-state index is 0.179. The molecule has 0 saturated heterocycles. The number of aromatic nitrogens is 1. The van der Waals surface area contributed by atoms with E-state index in [-0.39, 0.29) is 6.04 Å². The van der Waals surface area contributed by atoms with E-state index in [2.05, 4.69) is 4.98 Å². The Balaban J connectivity index is 2.40. The summed E-state index contributed by atoms with van der Waals surface area (Å²) in [6.07, 6.45) is 4.90. The van der Waals surface area contributed by atoms with Crippen LogP contribution in [0.25, 0.3) is 0 Å². The molecular weight excluding hydrogens is 128 g/mol. The van der Waals surface area contributed by atoms with Gasteiger partial charge in [0.25, 0.3) is 0 Å². The van der Waals surface area contributed by atoms with Gasteiger partial charge in [-0.3, -0.25) is 0 Å². The lowest BCUT2D eigenvalue weighted by Gasteiger charge is -2.02. The van der Waals surface area contributed by atoms with Gasteiger partial charge in [0, 0.05) is 12.5 Å². The van der Waals surface area contributed by atoms with Crippen molar-refractivity contribution in [2.75, 3.05) is 0 Å². The fraction of sp³-hybridized carbons (Fsp3) is 0.571. The van der Waals surface area contributed by atoms with Gasteiger partial charge in [0.05, 0.1) is 6.20 Å². The molecule has 0 fully saturated rings. The Bertz CT molecular complexity index is 172. The van der Waals surface area contributed by atoms with Crippen LogP contribution in [0.15, 0.2) is 16.9 Å². The third-order valence-electron chi connectivity index (χ3n) is 1.44. The van der Waals surface area contributed by atoms with E-state index in [4.69, 9.17) is 10.2 Å². The van der Waals surface area contributed by atoms with Crippen molar-refractivity contribution in [2.24, 2.45) is 5.73 Å². The fourth-order valence-electron chi connectivity index (χ4n) is 0.722. The van der Waals surface area contributed by atoms with Gasteiger partial charge in [-0.25, -0.2) is 4.98 Å². The molecule has 0 aromatic carbocycles. The first-order chi connectivity index (χ1) is 4.83. The van der Waals surface area contributed by atoms with E-state index in [0.717, 1.165) is 18.7 Å². The van der Waals surface area contributed by atoms with Crippen molar-refractivity contribution in [3.8, 4) is 0 Å². The second kappa shape index (κ2) is 3.37. The topological polar surface area (TPSA) is 52.0 Å². The molecule has 0 saturated carbocycles. The van der Waals surface area contributed by atoms with Gasteiger partial charge in [-0.15, -0.1) is 0 Å². The normalized spacial score (nSPS) is 13.4. The van der Waals surface area contributed by atoms with Gasteiger partial charge < -0.3 is 10.2 Å². The Morgan fingerprint density at radius 2 is 2.60 bits per heavy atom. The number of nitrogens with two attached hydrogens (primary N) is 1. The smallest absolute Gasteiger partial charge is 0.195 e. The lowest BCUT2D eigenvalue weighted by molar-refractivity contribution is 0.465. The second-order valence-corrected chi connectivity index (χ2v) is 2.30. The molecule has 3 nitrogen and oxygen atoms in total. The average molecular weight is 140 g/mol. The SMILES string of the molecule is CC[C@H](N)Cc1ncco1. The van der Waals surface area contributed by atoms with Crippen LogP contribution in [0, 0.1) is 0 Å². The van der Waals surface area contributed by atoms with E-state index in [1.165, 1.54) is 0 Å². The molecule has 56 valence electrons. The molecule has 0 amide bonds. The van der Waals surface area contributed by atoms with E-state index >= 15 is 0 Å². The highest BCUT2D eigenvalue weighted by Crippen LogP contribution is 1.99. The standard InChI is InChI=1S/C7H12N2O/c1-2-6(8)5-7-9-3-4-10-7/h3-4,6H,2,5,8H2,1H3/t6-/m0/s1. The maximum atomic E-state index is 5.66. The lowest BCUT2D eigenvalue weighted by atomic mass is 10.2. The second-order valence-electron chi connectivity index (χ2n) is 2.30. The van der Waals surface area contributed by atoms with Gasteiger partial charge >= 0.3 is 0 Å². The van der Waals surface area contributed by atoms with E-state index in [9.17, 15) is 0 Å². The molecule has 0 aliphatic heterocycles. The number of nitrogens with zero attached hydrogens (tertiary/aromatic N) is 1. The van der Waals surface area contributed by atoms with Gasteiger partial charge in [0.2, 0.25) is 0 Å². The molecule has 0 aliphatic carbocycles. The van der Waals surface area contributed by atoms with E-state index < -0.39 is 0 Å². The molecule has 1 rings (SSSR count). The van der Waals surface area contributed by atoms with Crippen molar-refractivity contribution in [3.05, 3.63) is 18.4 Å². The van der Waals surface area contributed by atoms with Crippen LogP contribution in [0.2, 0.25) is 0 Å². The summed E-state index contributed by atoms with van der Waals surface area (Å²) < 4.78 is 5.01. The third-order valence-corrected chi connectivity index (χ3v) is 1.44. The van der Waals surface area contributed by atoms with Crippen molar-refractivity contribution in [3.63, 3.8) is 0 Å². The van der Waals surface area contributed by atoms with Crippen molar-refractivity contribution in [1.29, 1.82) is 0 Å². The number of rotatable bonds is 3. The Morgan fingerprint density at radius 3 is 3.10 bits per heavy atom. The van der Waals surface area contributed by atoms with Crippen LogP contribution in [0.4, 0.5) is 0 Å². The Labute approximate surface area is 60.2 Å². The minimum atomic E-state index is 0.179. The number of hydrogen-bond donors (Lipinski definition) is 1. The third kappa shape index (κ3) is 1.84. The van der Waals surface area contributed by atoms with Crippen LogP contribution >= 0.6 is 0 Å². The van der Waals surface area contributed by atoms with Crippen LogP contribution in [0.5, 0.6) is 0 Å². The van der Waals surface area contributed by atoms with Crippen molar-refractivity contribution in [1.82, 2.24) is 4.98 Å². The molecule has 3 heteroatoms. The van der Waals surface area contributed by atoms with Crippen molar-refractivity contribution < 1.29 is 4.42 Å². The highest BCUT2D eigenvalue weighted by atomic mass is 16.3. The average Bonchev–Trinajstić information content (AvgIpc) is 2.40. The minimum Gasteiger partial charge on any atom is -0.449 e. The van der Waals surface area contributed by atoms with Crippen LogP contribution < -0.4 is 5.73 Å².